The largest absolute Gasteiger partial charge is 2.00 e. The zero-order chi connectivity index (χ0) is 29.8. The molecule has 3 unspecified atom stereocenters. The first-order chi connectivity index (χ1) is 21.0. The van der Waals surface area contributed by atoms with Crippen LogP contribution in [0, 0.1) is 0 Å². The molecule has 0 amide bonds. The SMILES string of the molecule is O=C(O)C(N=C(c1ccccc1)c1ccccc1N=C([O-])C1CCCN1Cc1ccccc1)C1N=C([O-])c2ccccc21.[Ni+2]. The molecule has 1 saturated heterocycles. The second kappa shape index (κ2) is 13.8. The number of carboxylic acids is 1. The van der Waals surface area contributed by atoms with E-state index in [9.17, 15) is 20.1 Å². The fourth-order valence-corrected chi connectivity index (χ4v) is 5.83. The third-order valence-electron chi connectivity index (χ3n) is 7.90. The molecule has 224 valence electrons. The van der Waals surface area contributed by atoms with E-state index in [0.717, 1.165) is 18.5 Å². The topological polar surface area (TPSA) is 124 Å². The number of likely N-dealkylation sites (tertiary alicyclic amines) is 1. The number of rotatable bonds is 9. The minimum absolute atomic E-state index is 0. The summed E-state index contributed by atoms with van der Waals surface area (Å²) in [5.74, 6) is -1.91. The van der Waals surface area contributed by atoms with E-state index in [1.807, 2.05) is 54.6 Å². The van der Waals surface area contributed by atoms with Crippen molar-refractivity contribution in [1.29, 1.82) is 0 Å². The van der Waals surface area contributed by atoms with Crippen molar-refractivity contribution < 1.29 is 36.6 Å². The first-order valence-electron chi connectivity index (χ1n) is 14.3. The van der Waals surface area contributed by atoms with Gasteiger partial charge < -0.3 is 15.3 Å². The Morgan fingerprint density at radius 2 is 1.59 bits per heavy atom. The summed E-state index contributed by atoms with van der Waals surface area (Å²) in [6.45, 7) is 1.47. The number of aliphatic carboxylic acids is 1. The molecule has 4 aromatic rings. The number of benzene rings is 4. The normalized spacial score (nSPS) is 19.1. The van der Waals surface area contributed by atoms with Crippen LogP contribution in [0.5, 0.6) is 0 Å². The smallest absolute Gasteiger partial charge is 0.861 e. The molecule has 4 aromatic carbocycles. The maximum Gasteiger partial charge on any atom is 2.00 e. The fraction of sp³-hybridized carbons (Fsp3) is 0.200. The first kappa shape index (κ1) is 30.9. The maximum absolute atomic E-state index is 13.6. The Labute approximate surface area is 266 Å². The zero-order valence-electron chi connectivity index (χ0n) is 23.7. The predicted octanol–water partition coefficient (Wildman–Crippen LogP) is 3.89. The van der Waals surface area contributed by atoms with Gasteiger partial charge in [0.2, 0.25) is 0 Å². The molecule has 0 saturated carbocycles. The van der Waals surface area contributed by atoms with Crippen molar-refractivity contribution in [2.24, 2.45) is 15.0 Å². The van der Waals surface area contributed by atoms with E-state index >= 15 is 0 Å². The summed E-state index contributed by atoms with van der Waals surface area (Å²) < 4.78 is 0. The summed E-state index contributed by atoms with van der Waals surface area (Å²) in [6, 6.07) is 30.5. The second-order valence-corrected chi connectivity index (χ2v) is 10.7. The molecule has 1 fully saturated rings. The summed E-state index contributed by atoms with van der Waals surface area (Å²) in [4.78, 5) is 28.3. The summed E-state index contributed by atoms with van der Waals surface area (Å²) in [7, 11) is 0. The van der Waals surface area contributed by atoms with Gasteiger partial charge in [-0.3, -0.25) is 19.9 Å². The van der Waals surface area contributed by atoms with E-state index in [1.165, 1.54) is 0 Å². The quantitative estimate of drug-likeness (QED) is 0.171. The van der Waals surface area contributed by atoms with Crippen molar-refractivity contribution in [3.8, 4) is 0 Å². The van der Waals surface area contributed by atoms with Crippen LogP contribution in [0.25, 0.3) is 0 Å². The molecule has 9 heteroatoms. The van der Waals surface area contributed by atoms with Crippen molar-refractivity contribution in [3.05, 3.63) is 137 Å². The number of hydrogen-bond donors (Lipinski definition) is 1. The number of para-hydroxylation sites is 1. The number of aliphatic imine (C=N–C) groups is 3. The molecule has 2 aliphatic heterocycles. The number of fused-ring (bicyclic) bond motifs is 1. The zero-order valence-corrected chi connectivity index (χ0v) is 24.7. The summed E-state index contributed by atoms with van der Waals surface area (Å²) in [5, 5.41) is 36.6. The second-order valence-electron chi connectivity index (χ2n) is 10.7. The van der Waals surface area contributed by atoms with Gasteiger partial charge >= 0.3 is 22.5 Å². The van der Waals surface area contributed by atoms with Gasteiger partial charge in [0.15, 0.2) is 6.04 Å². The summed E-state index contributed by atoms with van der Waals surface area (Å²) in [6.07, 6.45) is 1.62. The minimum atomic E-state index is -1.37. The number of carbonyl (C=O) groups is 1. The molecule has 3 atom stereocenters. The van der Waals surface area contributed by atoms with Crippen LogP contribution >= 0.6 is 0 Å². The van der Waals surface area contributed by atoms with E-state index in [0.29, 0.717) is 46.6 Å². The van der Waals surface area contributed by atoms with E-state index < -0.39 is 24.0 Å². The van der Waals surface area contributed by atoms with E-state index in [1.54, 1.807) is 42.5 Å². The monoisotopic (exact) mass is 628 g/mol. The van der Waals surface area contributed by atoms with Crippen molar-refractivity contribution in [3.63, 3.8) is 0 Å². The van der Waals surface area contributed by atoms with Crippen molar-refractivity contribution in [1.82, 2.24) is 4.90 Å². The van der Waals surface area contributed by atoms with Gasteiger partial charge in [0, 0.05) is 23.7 Å². The van der Waals surface area contributed by atoms with E-state index in [4.69, 9.17) is 4.99 Å². The Hall–Kier alpha value is -4.59. The van der Waals surface area contributed by atoms with Gasteiger partial charge in [-0.2, -0.15) is 0 Å². The molecule has 0 aromatic heterocycles. The average molecular weight is 629 g/mol. The molecule has 0 radical (unpaired) electrons. The Morgan fingerprint density at radius 3 is 2.34 bits per heavy atom. The van der Waals surface area contributed by atoms with Gasteiger partial charge in [-0.1, -0.05) is 103 Å². The van der Waals surface area contributed by atoms with Gasteiger partial charge in [0.1, 0.15) is 6.04 Å². The first-order valence-corrected chi connectivity index (χ1v) is 14.3. The molecule has 2 heterocycles. The van der Waals surface area contributed by atoms with Crippen LogP contribution < -0.4 is 10.2 Å². The van der Waals surface area contributed by atoms with E-state index in [-0.39, 0.29) is 28.4 Å². The Bertz CT molecular complexity index is 1710. The van der Waals surface area contributed by atoms with Gasteiger partial charge in [0.25, 0.3) is 0 Å². The maximum atomic E-state index is 13.6. The van der Waals surface area contributed by atoms with Crippen LogP contribution in [0.3, 0.4) is 0 Å². The van der Waals surface area contributed by atoms with Crippen molar-refractivity contribution >= 4 is 29.2 Å². The van der Waals surface area contributed by atoms with Gasteiger partial charge in [-0.05, 0) is 53.9 Å². The molecular formula is C35H30N4NiO4. The molecule has 6 rings (SSSR count). The average Bonchev–Trinajstić information content (AvgIpc) is 3.63. The fourth-order valence-electron chi connectivity index (χ4n) is 5.83. The number of carboxylic acid groups (broad SMARTS) is 1. The molecule has 0 spiro atoms. The van der Waals surface area contributed by atoms with Crippen LogP contribution in [-0.2, 0) is 27.8 Å². The third-order valence-corrected chi connectivity index (χ3v) is 7.90. The van der Waals surface area contributed by atoms with Crippen LogP contribution in [-0.4, -0.2) is 52.1 Å². The molecule has 0 aliphatic carbocycles. The Kier molecular flexibility index (Phi) is 9.68. The Balaban J connectivity index is 0.00000384. The minimum Gasteiger partial charge on any atom is -0.861 e. The summed E-state index contributed by atoms with van der Waals surface area (Å²) >= 11 is 0. The number of nitrogens with zero attached hydrogens (tertiary/aromatic N) is 4. The molecular weight excluding hydrogens is 599 g/mol. The van der Waals surface area contributed by atoms with Crippen LogP contribution in [0.1, 0.15) is 46.7 Å². The predicted molar refractivity (Wildman–Crippen MR) is 163 cm³/mol. The van der Waals surface area contributed by atoms with Crippen LogP contribution in [0.15, 0.2) is 124 Å². The summed E-state index contributed by atoms with van der Waals surface area (Å²) in [5.41, 5.74) is 4.01. The van der Waals surface area contributed by atoms with Crippen LogP contribution in [0.2, 0.25) is 0 Å². The Morgan fingerprint density at radius 1 is 0.932 bits per heavy atom. The molecule has 1 N–H and O–H groups in total. The molecule has 44 heavy (non-hydrogen) atoms. The van der Waals surface area contributed by atoms with Gasteiger partial charge in [0.05, 0.1) is 11.4 Å². The van der Waals surface area contributed by atoms with Gasteiger partial charge in [-0.15, -0.1) is 0 Å². The van der Waals surface area contributed by atoms with Crippen molar-refractivity contribution in [2.75, 3.05) is 6.54 Å². The van der Waals surface area contributed by atoms with E-state index in [2.05, 4.69) is 27.0 Å². The van der Waals surface area contributed by atoms with Crippen molar-refractivity contribution in [2.45, 2.75) is 37.5 Å². The third kappa shape index (κ3) is 6.49. The molecule has 0 bridgehead atoms. The van der Waals surface area contributed by atoms with Gasteiger partial charge in [-0.25, -0.2) is 4.79 Å². The standard InChI is InChI=1S/C35H32N4O4.Ni/c40-33-26-17-8-7-16-25(26)31(38-33)32(35(42)43)37-30(24-14-5-2-6-15-24)27-18-9-10-19-28(27)36-34(41)29-20-11-21-39(29)22-23-12-3-1-4-13-23;/h1-10,12-19,29,31-32H,11,20-22H2,(H,36,41)(H,38,40)(H,42,43);/q;+2/p-2. The van der Waals surface area contributed by atoms with Crippen LogP contribution in [0.4, 0.5) is 5.69 Å². The number of hydrogen-bond acceptors (Lipinski definition) is 7. The molecule has 8 nitrogen and oxygen atoms in total. The molecule has 2 aliphatic rings.